The van der Waals surface area contributed by atoms with E-state index in [1.807, 2.05) is 59.3 Å². The molecule has 0 aliphatic carbocycles. The lowest BCUT2D eigenvalue weighted by molar-refractivity contribution is -0.127. The van der Waals surface area contributed by atoms with Gasteiger partial charge in [0.25, 0.3) is 0 Å². The number of anilines is 4. The molecular weight excluding hydrogens is 568 g/mol. The first-order chi connectivity index (χ1) is 21.9. The van der Waals surface area contributed by atoms with E-state index < -0.39 is 0 Å². The first-order valence-electron chi connectivity index (χ1n) is 15.4. The molecule has 1 N–H and O–H groups in total. The maximum Gasteiger partial charge on any atom is 0.245 e. The number of hydrogen-bond acceptors (Lipinski definition) is 10. The molecule has 3 heterocycles. The molecule has 2 aromatic carbocycles. The van der Waals surface area contributed by atoms with Crippen LogP contribution in [0.15, 0.2) is 72.4 Å². The lowest BCUT2D eigenvalue weighted by Gasteiger charge is -2.34. The highest BCUT2D eigenvalue weighted by Gasteiger charge is 2.25. The Morgan fingerprint density at radius 3 is 2.64 bits per heavy atom. The van der Waals surface area contributed by atoms with Crippen LogP contribution in [0.1, 0.15) is 18.4 Å². The molecule has 1 atom stereocenters. The largest absolute Gasteiger partial charge is 0.494 e. The molecule has 2 saturated heterocycles. The highest BCUT2D eigenvalue weighted by Crippen LogP contribution is 2.34. The van der Waals surface area contributed by atoms with Crippen LogP contribution in [0.2, 0.25) is 0 Å². The predicted octanol–water partition coefficient (Wildman–Crippen LogP) is 4.16. The summed E-state index contributed by atoms with van der Waals surface area (Å²) in [4.78, 5) is 47.2. The zero-order chi connectivity index (χ0) is 31.8. The van der Waals surface area contributed by atoms with Crippen LogP contribution < -0.4 is 19.9 Å². The number of aromatic nitrogens is 2. The Kier molecular flexibility index (Phi) is 10.4. The van der Waals surface area contributed by atoms with E-state index in [9.17, 15) is 9.59 Å². The fourth-order valence-corrected chi connectivity index (χ4v) is 5.87. The van der Waals surface area contributed by atoms with Gasteiger partial charge in [-0.1, -0.05) is 36.9 Å². The zero-order valence-electron chi connectivity index (χ0n) is 26.4. The molecule has 2 fully saturated rings. The van der Waals surface area contributed by atoms with E-state index in [1.54, 1.807) is 13.3 Å². The van der Waals surface area contributed by atoms with E-state index in [0.29, 0.717) is 41.9 Å². The molecule has 0 spiro atoms. The van der Waals surface area contributed by atoms with E-state index in [1.165, 1.54) is 6.08 Å². The number of aldehydes is 1. The summed E-state index contributed by atoms with van der Waals surface area (Å²) in [7, 11) is 5.75. The molecule has 5 rings (SSSR count). The van der Waals surface area contributed by atoms with Crippen molar-refractivity contribution in [2.75, 3.05) is 82.1 Å². The van der Waals surface area contributed by atoms with Crippen molar-refractivity contribution in [3.63, 3.8) is 0 Å². The number of piperazine rings is 1. The smallest absolute Gasteiger partial charge is 0.245 e. The van der Waals surface area contributed by atoms with Crippen LogP contribution in [0.3, 0.4) is 0 Å². The lowest BCUT2D eigenvalue weighted by Crippen LogP contribution is -2.44. The van der Waals surface area contributed by atoms with Gasteiger partial charge in [-0.2, -0.15) is 4.98 Å². The van der Waals surface area contributed by atoms with Gasteiger partial charge < -0.3 is 29.7 Å². The number of likely N-dealkylation sites (N-methyl/N-ethyl adjacent to an activating group) is 1. The van der Waals surface area contributed by atoms with Crippen molar-refractivity contribution < 1.29 is 14.3 Å². The quantitative estimate of drug-likeness (QED) is 0.195. The van der Waals surface area contributed by atoms with Crippen LogP contribution in [0.25, 0.3) is 0 Å². The summed E-state index contributed by atoms with van der Waals surface area (Å²) in [6.45, 7) is 9.61. The third kappa shape index (κ3) is 7.85. The molecule has 11 heteroatoms. The van der Waals surface area contributed by atoms with Crippen molar-refractivity contribution in [1.29, 1.82) is 0 Å². The van der Waals surface area contributed by atoms with Crippen LogP contribution in [0.4, 0.5) is 28.8 Å². The number of ether oxygens (including phenoxy) is 1. The minimum Gasteiger partial charge on any atom is -0.494 e. The number of hydrogen-bond donors (Lipinski definition) is 1. The number of methoxy groups -OCH3 is 1. The van der Waals surface area contributed by atoms with Crippen molar-refractivity contribution in [1.82, 2.24) is 19.8 Å². The van der Waals surface area contributed by atoms with E-state index in [4.69, 9.17) is 14.7 Å². The van der Waals surface area contributed by atoms with Gasteiger partial charge in [0.15, 0.2) is 12.1 Å². The Labute approximate surface area is 265 Å². The van der Waals surface area contributed by atoms with Crippen molar-refractivity contribution in [2.45, 2.75) is 12.8 Å². The molecule has 11 nitrogen and oxygen atoms in total. The Balaban J connectivity index is 1.44. The first kappa shape index (κ1) is 31.6. The molecule has 236 valence electrons. The van der Waals surface area contributed by atoms with E-state index in [-0.39, 0.29) is 17.5 Å². The Morgan fingerprint density at radius 2 is 1.93 bits per heavy atom. The average molecular weight is 611 g/mol. The second-order valence-electron chi connectivity index (χ2n) is 11.6. The summed E-state index contributed by atoms with van der Waals surface area (Å²) in [5, 5.41) is 3.33. The number of nitrogens with one attached hydrogen (secondary N) is 1. The lowest BCUT2D eigenvalue weighted by atomic mass is 9.97. The number of carbonyl (C=O) groups is 2. The number of nitrogens with zero attached hydrogens (tertiary/aromatic N) is 7. The summed E-state index contributed by atoms with van der Waals surface area (Å²) < 4.78 is 5.76. The molecule has 0 saturated carbocycles. The summed E-state index contributed by atoms with van der Waals surface area (Å²) in [6, 6.07) is 15.4. The standard InChI is InChI=1S/C34H42N8O3/c1-5-32(44)42-15-9-10-25(23-42)22-40(3)33-29(36-30(24-43)26-11-7-6-8-12-26)21-35-34(38-33)37-28-14-13-27(20-31(28)45-4)41-18-16-39(2)17-19-41/h5-8,11-14,20-21,24-25H,1,9-10,15-19,22-23H2,2-4H3,(H,35,37,38)/t25-/m1/s1. The number of aliphatic imine (C=N–C) groups is 1. The van der Waals surface area contributed by atoms with Gasteiger partial charge in [-0.05, 0) is 44.0 Å². The van der Waals surface area contributed by atoms with Gasteiger partial charge in [0.2, 0.25) is 11.9 Å². The molecule has 0 radical (unpaired) electrons. The molecule has 3 aromatic rings. The topological polar surface area (TPSA) is 106 Å². The second kappa shape index (κ2) is 14.8. The molecular formula is C34H42N8O3. The monoisotopic (exact) mass is 610 g/mol. The van der Waals surface area contributed by atoms with E-state index in [2.05, 4.69) is 39.8 Å². The fraction of sp³-hybridized carbons (Fsp3) is 0.382. The Hall–Kier alpha value is -4.77. The van der Waals surface area contributed by atoms with Gasteiger partial charge in [0, 0.05) is 70.2 Å². The number of amides is 1. The third-order valence-corrected chi connectivity index (χ3v) is 8.37. The molecule has 1 aromatic heterocycles. The minimum absolute atomic E-state index is 0.0489. The van der Waals surface area contributed by atoms with Crippen LogP contribution in [-0.2, 0) is 9.59 Å². The Morgan fingerprint density at radius 1 is 1.16 bits per heavy atom. The second-order valence-corrected chi connectivity index (χ2v) is 11.6. The normalized spacial score (nSPS) is 17.5. The summed E-state index contributed by atoms with van der Waals surface area (Å²) in [5.41, 5.74) is 3.32. The predicted molar refractivity (Wildman–Crippen MR) is 179 cm³/mol. The molecule has 2 aliphatic heterocycles. The minimum atomic E-state index is -0.0489. The van der Waals surface area contributed by atoms with Crippen LogP contribution in [-0.4, -0.2) is 105 Å². The van der Waals surface area contributed by atoms with Crippen LogP contribution in [0.5, 0.6) is 5.75 Å². The average Bonchev–Trinajstić information content (AvgIpc) is 3.08. The number of rotatable bonds is 11. The maximum absolute atomic E-state index is 12.3. The van der Waals surface area contributed by atoms with Gasteiger partial charge in [0.05, 0.1) is 19.0 Å². The van der Waals surface area contributed by atoms with Gasteiger partial charge >= 0.3 is 0 Å². The fourth-order valence-electron chi connectivity index (χ4n) is 5.87. The van der Waals surface area contributed by atoms with Crippen LogP contribution >= 0.6 is 0 Å². The van der Waals surface area contributed by atoms with Gasteiger partial charge in [-0.3, -0.25) is 9.59 Å². The molecule has 0 unspecified atom stereocenters. The number of carbonyl (C=O) groups excluding carboxylic acids is 2. The van der Waals surface area contributed by atoms with Gasteiger partial charge in [-0.25, -0.2) is 9.98 Å². The van der Waals surface area contributed by atoms with Crippen molar-refractivity contribution in [3.05, 3.63) is 72.9 Å². The number of piperidine rings is 1. The first-order valence-corrected chi connectivity index (χ1v) is 15.4. The number of benzene rings is 2. The van der Waals surface area contributed by atoms with Gasteiger partial charge in [-0.15, -0.1) is 0 Å². The summed E-state index contributed by atoms with van der Waals surface area (Å²) in [6.07, 6.45) is 5.66. The third-order valence-electron chi connectivity index (χ3n) is 8.37. The van der Waals surface area contributed by atoms with E-state index >= 15 is 0 Å². The molecule has 2 aliphatic rings. The number of likely N-dealkylation sites (tertiary alicyclic amines) is 1. The highest BCUT2D eigenvalue weighted by atomic mass is 16.5. The molecule has 45 heavy (non-hydrogen) atoms. The summed E-state index contributed by atoms with van der Waals surface area (Å²) >= 11 is 0. The highest BCUT2D eigenvalue weighted by molar-refractivity contribution is 6.36. The van der Waals surface area contributed by atoms with Crippen molar-refractivity contribution in [2.24, 2.45) is 10.9 Å². The molecule has 1 amide bonds. The summed E-state index contributed by atoms with van der Waals surface area (Å²) in [5.74, 6) is 1.82. The van der Waals surface area contributed by atoms with Crippen molar-refractivity contribution in [3.8, 4) is 5.75 Å². The maximum atomic E-state index is 12.3. The SMILES string of the molecule is C=CC(=O)N1CCC[C@H](CN(C)c2nc(Nc3ccc(N4CCN(C)CC4)cc3OC)ncc2N=C(C=O)c2ccccc2)C1. The Bertz CT molecular complexity index is 1520. The van der Waals surface area contributed by atoms with Gasteiger partial charge in [0.1, 0.15) is 17.1 Å². The molecule has 0 bridgehead atoms. The van der Waals surface area contributed by atoms with Crippen molar-refractivity contribution >= 4 is 46.7 Å². The zero-order valence-corrected chi connectivity index (χ0v) is 26.4. The van der Waals surface area contributed by atoms with E-state index in [0.717, 1.165) is 63.2 Å². The van der Waals surface area contributed by atoms with Crippen LogP contribution in [0, 0.1) is 5.92 Å².